The summed E-state index contributed by atoms with van der Waals surface area (Å²) in [4.78, 5) is 29.5. The number of thioether (sulfide) groups is 1. The van der Waals surface area contributed by atoms with E-state index in [0.29, 0.717) is 16.5 Å². The highest BCUT2D eigenvalue weighted by atomic mass is 32.2. The Morgan fingerprint density at radius 1 is 1.27 bits per heavy atom. The quantitative estimate of drug-likeness (QED) is 0.509. The molecule has 0 atom stereocenters. The average Bonchev–Trinajstić information content (AvgIpc) is 3.31. The van der Waals surface area contributed by atoms with Crippen molar-refractivity contribution >= 4 is 40.7 Å². The number of carbonyl (C=O) groups is 2. The number of hydrogen-bond donors (Lipinski definition) is 1. The Morgan fingerprint density at radius 3 is 2.81 bits per heavy atom. The molecule has 1 N–H and O–H groups in total. The molecular weight excluding hydrogens is 354 g/mol. The molecule has 0 saturated heterocycles. The Morgan fingerprint density at radius 2 is 2.08 bits per heavy atom. The summed E-state index contributed by atoms with van der Waals surface area (Å²) in [7, 11) is 0. The van der Waals surface area contributed by atoms with Crippen LogP contribution in [0.4, 0.5) is 0 Å². The summed E-state index contributed by atoms with van der Waals surface area (Å²) in [6, 6.07) is 9.69. The topological polar surface area (TPSA) is 96.0 Å². The number of nitrogens with zero attached hydrogens (tertiary/aromatic N) is 2. The molecule has 2 aliphatic rings. The van der Waals surface area contributed by atoms with Crippen molar-refractivity contribution in [2.24, 2.45) is 4.99 Å². The Hall–Kier alpha value is -3.39. The van der Waals surface area contributed by atoms with Crippen LogP contribution in [0.2, 0.25) is 0 Å². The number of aliphatic imine (C=N–C) groups is 1. The van der Waals surface area contributed by atoms with Crippen molar-refractivity contribution in [3.8, 4) is 5.75 Å². The molecule has 26 heavy (non-hydrogen) atoms. The number of ether oxygens (including phenoxy) is 1. The molecule has 0 spiro atoms. The summed E-state index contributed by atoms with van der Waals surface area (Å²) in [6.07, 6.45) is 4.67. The highest BCUT2D eigenvalue weighted by molar-refractivity contribution is 8.16. The SMILES string of the molecule is N=C1/C(=C/c2ccc(OC(=O)c3ccco3)cc2)C(=O)N=C2SC=CN12. The van der Waals surface area contributed by atoms with Crippen LogP contribution in [0.25, 0.3) is 6.08 Å². The summed E-state index contributed by atoms with van der Waals surface area (Å²) in [5, 5.41) is 10.4. The molecule has 4 rings (SSSR count). The van der Waals surface area contributed by atoms with Crippen LogP contribution >= 0.6 is 11.8 Å². The first kappa shape index (κ1) is 16.1. The summed E-state index contributed by atoms with van der Waals surface area (Å²) >= 11 is 1.30. The lowest BCUT2D eigenvalue weighted by Gasteiger charge is -2.22. The zero-order valence-electron chi connectivity index (χ0n) is 13.2. The van der Waals surface area contributed by atoms with E-state index in [0.717, 1.165) is 0 Å². The number of carbonyl (C=O) groups excluding carboxylic acids is 2. The largest absolute Gasteiger partial charge is 0.457 e. The van der Waals surface area contributed by atoms with Gasteiger partial charge in [-0.05, 0) is 41.3 Å². The Labute approximate surface area is 152 Å². The van der Waals surface area contributed by atoms with Crippen LogP contribution in [0.3, 0.4) is 0 Å². The van der Waals surface area contributed by atoms with Gasteiger partial charge < -0.3 is 9.15 Å². The second-order valence-corrected chi connectivity index (χ2v) is 6.19. The van der Waals surface area contributed by atoms with Crippen molar-refractivity contribution in [1.82, 2.24) is 4.90 Å². The Bertz CT molecular complexity index is 988. The van der Waals surface area contributed by atoms with Crippen LogP contribution in [0.15, 0.2) is 69.3 Å². The molecule has 2 aromatic rings. The predicted octanol–water partition coefficient (Wildman–Crippen LogP) is 3.28. The van der Waals surface area contributed by atoms with E-state index >= 15 is 0 Å². The Kier molecular flexibility index (Phi) is 4.02. The molecule has 0 aliphatic carbocycles. The van der Waals surface area contributed by atoms with E-state index in [-0.39, 0.29) is 17.2 Å². The van der Waals surface area contributed by atoms with E-state index in [2.05, 4.69) is 4.99 Å². The van der Waals surface area contributed by atoms with Crippen LogP contribution in [0.5, 0.6) is 5.75 Å². The molecule has 7 nitrogen and oxygen atoms in total. The highest BCUT2D eigenvalue weighted by Gasteiger charge is 2.30. The zero-order valence-corrected chi connectivity index (χ0v) is 14.0. The zero-order chi connectivity index (χ0) is 18.1. The minimum atomic E-state index is -0.592. The van der Waals surface area contributed by atoms with Gasteiger partial charge in [-0.15, -0.1) is 0 Å². The minimum absolute atomic E-state index is 0.0783. The van der Waals surface area contributed by atoms with Crippen molar-refractivity contribution in [1.29, 1.82) is 5.41 Å². The van der Waals surface area contributed by atoms with Crippen molar-refractivity contribution in [2.75, 3.05) is 0 Å². The maximum Gasteiger partial charge on any atom is 0.379 e. The van der Waals surface area contributed by atoms with Crippen molar-refractivity contribution in [3.05, 3.63) is 71.2 Å². The highest BCUT2D eigenvalue weighted by Crippen LogP contribution is 2.27. The van der Waals surface area contributed by atoms with Gasteiger partial charge in [-0.2, -0.15) is 4.99 Å². The smallest absolute Gasteiger partial charge is 0.379 e. The maximum absolute atomic E-state index is 12.2. The van der Waals surface area contributed by atoms with Crippen LogP contribution in [-0.4, -0.2) is 27.8 Å². The number of hydrogen-bond acceptors (Lipinski definition) is 6. The monoisotopic (exact) mass is 365 g/mol. The van der Waals surface area contributed by atoms with Gasteiger partial charge in [0.15, 0.2) is 5.17 Å². The molecule has 128 valence electrons. The predicted molar refractivity (Wildman–Crippen MR) is 96.8 cm³/mol. The van der Waals surface area contributed by atoms with Gasteiger partial charge in [0.1, 0.15) is 11.6 Å². The van der Waals surface area contributed by atoms with Crippen LogP contribution in [0.1, 0.15) is 16.1 Å². The number of nitrogens with one attached hydrogen (secondary N) is 1. The molecule has 3 heterocycles. The fourth-order valence-electron chi connectivity index (χ4n) is 2.38. The third-order valence-corrected chi connectivity index (χ3v) is 4.39. The van der Waals surface area contributed by atoms with E-state index in [1.807, 2.05) is 0 Å². The lowest BCUT2D eigenvalue weighted by Crippen LogP contribution is -2.35. The number of amidine groups is 2. The van der Waals surface area contributed by atoms with E-state index in [1.54, 1.807) is 52.9 Å². The number of benzene rings is 1. The summed E-state index contributed by atoms with van der Waals surface area (Å²) in [5.41, 5.74) is 0.881. The summed E-state index contributed by atoms with van der Waals surface area (Å²) in [6.45, 7) is 0. The number of fused-ring (bicyclic) bond motifs is 1. The van der Waals surface area contributed by atoms with Gasteiger partial charge in [0.25, 0.3) is 5.91 Å². The van der Waals surface area contributed by atoms with Gasteiger partial charge in [-0.25, -0.2) is 4.79 Å². The van der Waals surface area contributed by atoms with Crippen molar-refractivity contribution < 1.29 is 18.7 Å². The molecule has 8 heteroatoms. The molecule has 1 aromatic carbocycles. The third kappa shape index (κ3) is 2.98. The second kappa shape index (κ2) is 6.49. The minimum Gasteiger partial charge on any atom is -0.457 e. The lowest BCUT2D eigenvalue weighted by molar-refractivity contribution is -0.114. The average molecular weight is 365 g/mol. The number of furan rings is 1. The second-order valence-electron chi connectivity index (χ2n) is 5.32. The molecule has 0 unspecified atom stereocenters. The number of esters is 1. The van der Waals surface area contributed by atoms with E-state index < -0.39 is 11.9 Å². The Balaban J connectivity index is 1.53. The normalized spacial score (nSPS) is 17.5. The van der Waals surface area contributed by atoms with Crippen LogP contribution in [-0.2, 0) is 4.79 Å². The van der Waals surface area contributed by atoms with E-state index in [9.17, 15) is 9.59 Å². The van der Waals surface area contributed by atoms with E-state index in [4.69, 9.17) is 14.6 Å². The van der Waals surface area contributed by atoms with Crippen molar-refractivity contribution in [2.45, 2.75) is 0 Å². The van der Waals surface area contributed by atoms with E-state index in [1.165, 1.54) is 24.1 Å². The molecular formula is C18H11N3O4S. The van der Waals surface area contributed by atoms with Gasteiger partial charge in [0.2, 0.25) is 5.76 Å². The van der Waals surface area contributed by atoms with Gasteiger partial charge in [0, 0.05) is 6.20 Å². The molecule has 1 aromatic heterocycles. The number of amides is 1. The standard InChI is InChI=1S/C18H11N3O4S/c19-15-13(16(22)20-18-21(15)7-9-26-18)10-11-3-5-12(6-4-11)25-17(23)14-2-1-8-24-14/h1-10,19H/b13-10-,19-15?. The third-order valence-electron chi connectivity index (χ3n) is 3.64. The first-order chi connectivity index (χ1) is 12.6. The van der Waals surface area contributed by atoms with Gasteiger partial charge >= 0.3 is 5.97 Å². The van der Waals surface area contributed by atoms with Gasteiger partial charge in [-0.1, -0.05) is 23.9 Å². The van der Waals surface area contributed by atoms with Crippen LogP contribution < -0.4 is 4.74 Å². The van der Waals surface area contributed by atoms with Gasteiger partial charge in [-0.3, -0.25) is 15.1 Å². The first-order valence-electron chi connectivity index (χ1n) is 7.54. The maximum atomic E-state index is 12.2. The number of rotatable bonds is 3. The molecule has 0 bridgehead atoms. The van der Waals surface area contributed by atoms with Gasteiger partial charge in [0.05, 0.1) is 11.8 Å². The fraction of sp³-hybridized carbons (Fsp3) is 0. The molecule has 0 fully saturated rings. The summed E-state index contributed by atoms with van der Waals surface area (Å²) in [5.74, 6) is -0.508. The lowest BCUT2D eigenvalue weighted by atomic mass is 10.1. The van der Waals surface area contributed by atoms with Crippen LogP contribution in [0, 0.1) is 5.41 Å². The molecule has 2 aliphatic heterocycles. The molecule has 0 saturated carbocycles. The molecule has 0 radical (unpaired) electrons. The van der Waals surface area contributed by atoms with Crippen molar-refractivity contribution in [3.63, 3.8) is 0 Å². The fourth-order valence-corrected chi connectivity index (χ4v) is 3.09. The molecule has 1 amide bonds. The summed E-state index contributed by atoms with van der Waals surface area (Å²) < 4.78 is 10.2. The first-order valence-corrected chi connectivity index (χ1v) is 8.42.